The molecule has 134 valence electrons. The molecule has 7 heteroatoms. The highest BCUT2D eigenvalue weighted by molar-refractivity contribution is 7.90. The minimum absolute atomic E-state index is 0.0444. The van der Waals surface area contributed by atoms with E-state index in [1.807, 2.05) is 32.0 Å². The second kappa shape index (κ2) is 7.45. The molecule has 0 aliphatic rings. The zero-order valence-electron chi connectivity index (χ0n) is 14.6. The molecule has 0 aliphatic heterocycles. The van der Waals surface area contributed by atoms with Crippen LogP contribution in [0.5, 0.6) is 0 Å². The van der Waals surface area contributed by atoms with E-state index in [9.17, 15) is 13.2 Å². The van der Waals surface area contributed by atoms with E-state index >= 15 is 0 Å². The molecule has 0 aliphatic carbocycles. The van der Waals surface area contributed by atoms with Crippen molar-refractivity contribution in [1.82, 2.24) is 0 Å². The van der Waals surface area contributed by atoms with Gasteiger partial charge in [-0.25, -0.2) is 8.42 Å². The van der Waals surface area contributed by atoms with Crippen LogP contribution in [-0.2, 0) is 14.6 Å². The molecule has 0 heterocycles. The molecule has 0 fully saturated rings. The molecule has 2 rings (SSSR count). The predicted octanol–water partition coefficient (Wildman–Crippen LogP) is 3.72. The van der Waals surface area contributed by atoms with Crippen molar-refractivity contribution in [3.63, 3.8) is 0 Å². The molecule has 0 radical (unpaired) electrons. The van der Waals surface area contributed by atoms with Gasteiger partial charge in [0, 0.05) is 17.6 Å². The number of halogens is 1. The molecular weight excluding hydrogens is 360 g/mol. The molecular formula is C18H21ClN2O3S. The Bertz CT molecular complexity index is 924. The van der Waals surface area contributed by atoms with Gasteiger partial charge in [0.15, 0.2) is 9.84 Å². The molecule has 0 aromatic heterocycles. The van der Waals surface area contributed by atoms with Crippen LogP contribution in [-0.4, -0.2) is 27.1 Å². The number of amides is 1. The first kappa shape index (κ1) is 19.3. The number of nitrogens with one attached hydrogen (secondary N) is 2. The first-order valence-corrected chi connectivity index (χ1v) is 9.96. The van der Waals surface area contributed by atoms with Gasteiger partial charge < -0.3 is 10.6 Å². The first-order valence-electron chi connectivity index (χ1n) is 7.69. The van der Waals surface area contributed by atoms with Gasteiger partial charge in [-0.3, -0.25) is 4.79 Å². The Hall–Kier alpha value is -2.05. The zero-order chi connectivity index (χ0) is 18.8. The van der Waals surface area contributed by atoms with Crippen LogP contribution in [0.1, 0.15) is 16.7 Å². The number of hydrogen-bond donors (Lipinski definition) is 2. The lowest BCUT2D eigenvalue weighted by Crippen LogP contribution is -2.22. The van der Waals surface area contributed by atoms with Gasteiger partial charge in [-0.1, -0.05) is 29.3 Å². The lowest BCUT2D eigenvalue weighted by atomic mass is 10.1. The molecule has 1 amide bonds. The Balaban J connectivity index is 2.08. The summed E-state index contributed by atoms with van der Waals surface area (Å²) in [7, 11) is -3.39. The Morgan fingerprint density at radius 3 is 2.32 bits per heavy atom. The summed E-state index contributed by atoms with van der Waals surface area (Å²) in [5, 5.41) is 6.01. The van der Waals surface area contributed by atoms with E-state index < -0.39 is 9.84 Å². The van der Waals surface area contributed by atoms with Gasteiger partial charge in [0.05, 0.1) is 16.5 Å². The number of anilines is 2. The minimum atomic E-state index is -3.39. The molecule has 2 N–H and O–H groups in total. The number of sulfone groups is 1. The molecule has 0 atom stereocenters. The predicted molar refractivity (Wildman–Crippen MR) is 102 cm³/mol. The molecule has 2 aromatic carbocycles. The van der Waals surface area contributed by atoms with E-state index in [0.717, 1.165) is 23.1 Å². The minimum Gasteiger partial charge on any atom is -0.376 e. The summed E-state index contributed by atoms with van der Waals surface area (Å²) < 4.78 is 23.3. The highest BCUT2D eigenvalue weighted by Crippen LogP contribution is 2.30. The maximum absolute atomic E-state index is 12.1. The van der Waals surface area contributed by atoms with Crippen molar-refractivity contribution < 1.29 is 13.2 Å². The van der Waals surface area contributed by atoms with Gasteiger partial charge in [-0.15, -0.1) is 0 Å². The molecule has 5 nitrogen and oxygen atoms in total. The molecule has 0 saturated carbocycles. The van der Waals surface area contributed by atoms with Crippen molar-refractivity contribution in [2.45, 2.75) is 25.7 Å². The van der Waals surface area contributed by atoms with Crippen molar-refractivity contribution in [3.8, 4) is 0 Å². The number of carbonyl (C=O) groups excluding carboxylic acids is 1. The topological polar surface area (TPSA) is 75.3 Å². The summed E-state index contributed by atoms with van der Waals surface area (Å²) in [6.07, 6.45) is 1.11. The third-order valence-corrected chi connectivity index (χ3v) is 5.58. The Morgan fingerprint density at radius 2 is 1.72 bits per heavy atom. The van der Waals surface area contributed by atoms with Crippen molar-refractivity contribution in [1.29, 1.82) is 0 Å². The number of rotatable bonds is 5. The van der Waals surface area contributed by atoms with E-state index in [1.54, 1.807) is 13.0 Å². The van der Waals surface area contributed by atoms with Gasteiger partial charge >= 0.3 is 0 Å². The van der Waals surface area contributed by atoms with Crippen LogP contribution in [0.3, 0.4) is 0 Å². The third kappa shape index (κ3) is 4.74. The highest BCUT2D eigenvalue weighted by atomic mass is 35.5. The maximum atomic E-state index is 12.1. The number of carbonyl (C=O) groups is 1. The van der Waals surface area contributed by atoms with Crippen LogP contribution in [0.25, 0.3) is 0 Å². The smallest absolute Gasteiger partial charge is 0.243 e. The van der Waals surface area contributed by atoms with Gasteiger partial charge in [0.25, 0.3) is 0 Å². The van der Waals surface area contributed by atoms with Crippen molar-refractivity contribution in [3.05, 3.63) is 52.0 Å². The third-order valence-electron chi connectivity index (χ3n) is 3.85. The van der Waals surface area contributed by atoms with Crippen LogP contribution in [0.2, 0.25) is 5.02 Å². The fourth-order valence-electron chi connectivity index (χ4n) is 2.46. The van der Waals surface area contributed by atoms with E-state index in [1.165, 1.54) is 6.07 Å². The molecule has 0 unspecified atom stereocenters. The highest BCUT2D eigenvalue weighted by Gasteiger charge is 2.16. The Kier molecular flexibility index (Phi) is 5.75. The van der Waals surface area contributed by atoms with E-state index in [2.05, 4.69) is 10.6 Å². The monoisotopic (exact) mass is 380 g/mol. The van der Waals surface area contributed by atoms with Gasteiger partial charge in [0.1, 0.15) is 0 Å². The average molecular weight is 381 g/mol. The summed E-state index contributed by atoms with van der Waals surface area (Å²) in [5.74, 6) is -0.199. The second-order valence-electron chi connectivity index (χ2n) is 6.04. The first-order chi connectivity index (χ1) is 11.6. The fraction of sp³-hybridized carbons (Fsp3) is 0.278. The lowest BCUT2D eigenvalue weighted by molar-refractivity contribution is -0.114. The van der Waals surface area contributed by atoms with Crippen LogP contribution in [0.4, 0.5) is 11.4 Å². The Labute approximate surface area is 153 Å². The summed E-state index contributed by atoms with van der Waals surface area (Å²) in [6, 6.07) is 8.85. The average Bonchev–Trinajstić information content (AvgIpc) is 2.50. The van der Waals surface area contributed by atoms with E-state index in [4.69, 9.17) is 11.6 Å². The van der Waals surface area contributed by atoms with Gasteiger partial charge in [-0.2, -0.15) is 0 Å². The molecule has 0 spiro atoms. The summed E-state index contributed by atoms with van der Waals surface area (Å²) in [4.78, 5) is 12.2. The van der Waals surface area contributed by atoms with Crippen LogP contribution in [0.15, 0.2) is 35.2 Å². The fourth-order valence-corrected chi connectivity index (χ4v) is 3.84. The molecule has 25 heavy (non-hydrogen) atoms. The standard InChI is InChI=1S/C18H21ClN2O3S/c1-11-5-6-14(12(2)9-11)21-17(22)10-20-15-7-8-16(25(4,23)24)18(19)13(15)3/h5-9,20H,10H2,1-4H3,(H,21,22). The van der Waals surface area contributed by atoms with Crippen molar-refractivity contribution in [2.75, 3.05) is 23.4 Å². The molecule has 0 bridgehead atoms. The largest absolute Gasteiger partial charge is 0.376 e. The van der Waals surface area contributed by atoms with Crippen LogP contribution >= 0.6 is 11.6 Å². The van der Waals surface area contributed by atoms with Crippen molar-refractivity contribution in [2.24, 2.45) is 0 Å². The van der Waals surface area contributed by atoms with Gasteiger partial charge in [-0.05, 0) is 50.1 Å². The van der Waals surface area contributed by atoms with Crippen molar-refractivity contribution >= 4 is 38.7 Å². The number of benzene rings is 2. The number of aryl methyl sites for hydroxylation is 2. The Morgan fingerprint density at radius 1 is 1.08 bits per heavy atom. The normalized spacial score (nSPS) is 11.2. The SMILES string of the molecule is Cc1ccc(NC(=O)CNc2ccc(S(C)(=O)=O)c(Cl)c2C)c(C)c1. The second-order valence-corrected chi connectivity index (χ2v) is 8.40. The summed E-state index contributed by atoms with van der Waals surface area (Å²) in [5.41, 5.74) is 4.09. The molecule has 2 aromatic rings. The number of hydrogen-bond acceptors (Lipinski definition) is 4. The quantitative estimate of drug-likeness (QED) is 0.828. The van der Waals surface area contributed by atoms with Gasteiger partial charge in [0.2, 0.25) is 5.91 Å². The van der Waals surface area contributed by atoms with Crippen LogP contribution < -0.4 is 10.6 Å². The zero-order valence-corrected chi connectivity index (χ0v) is 16.2. The maximum Gasteiger partial charge on any atom is 0.243 e. The molecule has 0 saturated heterocycles. The van der Waals surface area contributed by atoms with E-state index in [0.29, 0.717) is 11.3 Å². The summed E-state index contributed by atoms with van der Waals surface area (Å²) >= 11 is 6.14. The van der Waals surface area contributed by atoms with Crippen LogP contribution in [0, 0.1) is 20.8 Å². The summed E-state index contributed by atoms with van der Waals surface area (Å²) in [6.45, 7) is 5.68. The van der Waals surface area contributed by atoms with E-state index in [-0.39, 0.29) is 22.4 Å². The lowest BCUT2D eigenvalue weighted by Gasteiger charge is -2.14.